The molecule has 0 unspecified atom stereocenters. The summed E-state index contributed by atoms with van der Waals surface area (Å²) >= 11 is 0. The third-order valence-electron chi connectivity index (χ3n) is 4.53. The number of anilines is 1. The van der Waals surface area contributed by atoms with E-state index in [9.17, 15) is 9.59 Å². The third kappa shape index (κ3) is 3.69. The molecule has 1 fully saturated rings. The van der Waals surface area contributed by atoms with Gasteiger partial charge >= 0.3 is 0 Å². The monoisotopic (exact) mass is 362 g/mol. The molecule has 1 amide bonds. The number of nitrogens with zero attached hydrogens (tertiary/aromatic N) is 5. The highest BCUT2D eigenvalue weighted by atomic mass is 16.2. The maximum Gasteiger partial charge on any atom is 0.255 e. The topological polar surface area (TPSA) is 95.1 Å². The maximum absolute atomic E-state index is 12.5. The van der Waals surface area contributed by atoms with E-state index < -0.39 is 0 Å². The summed E-state index contributed by atoms with van der Waals surface area (Å²) in [7, 11) is 0. The van der Waals surface area contributed by atoms with Crippen molar-refractivity contribution in [2.24, 2.45) is 0 Å². The van der Waals surface area contributed by atoms with E-state index in [1.54, 1.807) is 23.4 Å². The van der Waals surface area contributed by atoms with E-state index in [4.69, 9.17) is 0 Å². The second kappa shape index (κ2) is 7.36. The van der Waals surface area contributed by atoms with Crippen LogP contribution in [0.2, 0.25) is 0 Å². The standard InChI is InChI=1S/C19H18N6O2/c26-18-6-3-15(13-21-18)19(27)25-10-8-24(9-11-25)17-5-4-16(22-23-17)14-2-1-7-20-12-14/h1-7,12-13H,8-11H2,(H,21,26). The molecule has 0 radical (unpaired) electrons. The third-order valence-corrected chi connectivity index (χ3v) is 4.53. The summed E-state index contributed by atoms with van der Waals surface area (Å²) in [5.41, 5.74) is 1.97. The average molecular weight is 362 g/mol. The number of rotatable bonds is 3. The van der Waals surface area contributed by atoms with Gasteiger partial charge in [0.05, 0.1) is 11.3 Å². The Labute approximate surface area is 155 Å². The lowest BCUT2D eigenvalue weighted by Gasteiger charge is -2.35. The highest BCUT2D eigenvalue weighted by Gasteiger charge is 2.23. The minimum atomic E-state index is -0.218. The fraction of sp³-hybridized carbons (Fsp3) is 0.211. The molecule has 8 heteroatoms. The molecule has 4 rings (SSSR count). The number of hydrogen-bond acceptors (Lipinski definition) is 6. The van der Waals surface area contributed by atoms with Crippen LogP contribution in [0.4, 0.5) is 5.82 Å². The van der Waals surface area contributed by atoms with Crippen molar-refractivity contribution in [1.29, 1.82) is 0 Å². The number of pyridine rings is 2. The van der Waals surface area contributed by atoms with Crippen LogP contribution in [-0.2, 0) is 0 Å². The lowest BCUT2D eigenvalue weighted by molar-refractivity contribution is 0.0746. The van der Waals surface area contributed by atoms with E-state index in [0.29, 0.717) is 31.7 Å². The number of H-pyrrole nitrogens is 1. The van der Waals surface area contributed by atoms with Crippen LogP contribution in [0, 0.1) is 0 Å². The Balaban J connectivity index is 1.39. The van der Waals surface area contributed by atoms with Crippen LogP contribution in [0.3, 0.4) is 0 Å². The predicted octanol–water partition coefficient (Wildman–Crippen LogP) is 1.19. The van der Waals surface area contributed by atoms with E-state index in [1.807, 2.05) is 24.3 Å². The lowest BCUT2D eigenvalue weighted by Crippen LogP contribution is -2.49. The van der Waals surface area contributed by atoms with Crippen LogP contribution in [0.5, 0.6) is 0 Å². The molecule has 4 heterocycles. The summed E-state index contributed by atoms with van der Waals surface area (Å²) in [6.45, 7) is 2.53. The number of amides is 1. The number of aromatic amines is 1. The number of carbonyl (C=O) groups excluding carboxylic acids is 1. The molecule has 3 aromatic rings. The SMILES string of the molecule is O=C(c1ccc(=O)[nH]c1)N1CCN(c2ccc(-c3cccnc3)nn2)CC1. The Bertz CT molecular complexity index is 959. The van der Waals surface area contributed by atoms with E-state index in [-0.39, 0.29) is 11.5 Å². The first-order valence-corrected chi connectivity index (χ1v) is 8.68. The fourth-order valence-electron chi connectivity index (χ4n) is 3.03. The van der Waals surface area contributed by atoms with E-state index >= 15 is 0 Å². The zero-order valence-corrected chi connectivity index (χ0v) is 14.6. The lowest BCUT2D eigenvalue weighted by atomic mass is 10.2. The Hall–Kier alpha value is -3.55. The minimum absolute atomic E-state index is 0.0797. The smallest absolute Gasteiger partial charge is 0.255 e. The first kappa shape index (κ1) is 16.9. The summed E-state index contributed by atoms with van der Waals surface area (Å²) in [5, 5.41) is 8.61. The van der Waals surface area contributed by atoms with Gasteiger partial charge in [0.15, 0.2) is 5.82 Å². The molecule has 0 spiro atoms. The molecule has 1 N–H and O–H groups in total. The van der Waals surface area contributed by atoms with Gasteiger partial charge < -0.3 is 14.8 Å². The van der Waals surface area contributed by atoms with Crippen molar-refractivity contribution in [3.8, 4) is 11.3 Å². The molecule has 1 saturated heterocycles. The van der Waals surface area contributed by atoms with Crippen LogP contribution < -0.4 is 10.5 Å². The molecule has 3 aromatic heterocycles. The molecule has 0 saturated carbocycles. The molecular weight excluding hydrogens is 344 g/mol. The summed E-state index contributed by atoms with van der Waals surface area (Å²) in [4.78, 5) is 34.2. The van der Waals surface area contributed by atoms with Gasteiger partial charge in [0.1, 0.15) is 0 Å². The average Bonchev–Trinajstić information content (AvgIpc) is 2.75. The molecule has 0 atom stereocenters. The van der Waals surface area contributed by atoms with Gasteiger partial charge in [-0.05, 0) is 30.3 Å². The highest BCUT2D eigenvalue weighted by molar-refractivity contribution is 5.94. The number of carbonyl (C=O) groups is 1. The number of aromatic nitrogens is 4. The van der Waals surface area contributed by atoms with Crippen LogP contribution in [-0.4, -0.2) is 57.2 Å². The summed E-state index contributed by atoms with van der Waals surface area (Å²) in [6, 6.07) is 10.6. The Morgan fingerprint density at radius 3 is 2.48 bits per heavy atom. The molecule has 1 aliphatic rings. The number of nitrogens with one attached hydrogen (secondary N) is 1. The van der Waals surface area contributed by atoms with Gasteiger partial charge in [-0.2, -0.15) is 0 Å². The largest absolute Gasteiger partial charge is 0.352 e. The first-order chi connectivity index (χ1) is 13.2. The molecule has 27 heavy (non-hydrogen) atoms. The molecule has 0 bridgehead atoms. The van der Waals surface area contributed by atoms with Crippen LogP contribution in [0.1, 0.15) is 10.4 Å². The van der Waals surface area contributed by atoms with Crippen LogP contribution >= 0.6 is 0 Å². The normalized spacial score (nSPS) is 14.2. The van der Waals surface area contributed by atoms with Gasteiger partial charge in [-0.1, -0.05) is 0 Å². The minimum Gasteiger partial charge on any atom is -0.352 e. The zero-order valence-electron chi connectivity index (χ0n) is 14.6. The molecule has 136 valence electrons. The van der Waals surface area contributed by atoms with Gasteiger partial charge in [-0.15, -0.1) is 10.2 Å². The van der Waals surface area contributed by atoms with Gasteiger partial charge in [-0.3, -0.25) is 14.6 Å². The first-order valence-electron chi connectivity index (χ1n) is 8.68. The van der Waals surface area contributed by atoms with Crippen molar-refractivity contribution in [2.75, 3.05) is 31.1 Å². The Kier molecular flexibility index (Phi) is 4.61. The molecule has 0 aliphatic carbocycles. The Morgan fingerprint density at radius 1 is 1.00 bits per heavy atom. The van der Waals surface area contributed by atoms with Crippen molar-refractivity contribution in [1.82, 2.24) is 25.1 Å². The van der Waals surface area contributed by atoms with Crippen molar-refractivity contribution in [2.45, 2.75) is 0 Å². The quantitative estimate of drug-likeness (QED) is 0.752. The molecule has 0 aromatic carbocycles. The summed E-state index contributed by atoms with van der Waals surface area (Å²) in [5.74, 6) is 0.711. The molecule has 8 nitrogen and oxygen atoms in total. The van der Waals surface area contributed by atoms with E-state index in [1.165, 1.54) is 12.3 Å². The van der Waals surface area contributed by atoms with Gasteiger partial charge in [0.25, 0.3) is 5.91 Å². The van der Waals surface area contributed by atoms with E-state index in [2.05, 4.69) is 25.1 Å². The number of hydrogen-bond donors (Lipinski definition) is 1. The zero-order chi connectivity index (χ0) is 18.6. The molecule has 1 aliphatic heterocycles. The van der Waals surface area contributed by atoms with Crippen molar-refractivity contribution in [3.05, 3.63) is 70.9 Å². The van der Waals surface area contributed by atoms with Crippen molar-refractivity contribution >= 4 is 11.7 Å². The van der Waals surface area contributed by atoms with E-state index in [0.717, 1.165) is 17.1 Å². The molecular formula is C19H18N6O2. The summed E-state index contributed by atoms with van der Waals surface area (Å²) in [6.07, 6.45) is 4.93. The van der Waals surface area contributed by atoms with Gasteiger partial charge in [-0.25, -0.2) is 0 Å². The van der Waals surface area contributed by atoms with Gasteiger partial charge in [0.2, 0.25) is 5.56 Å². The van der Waals surface area contributed by atoms with Crippen LogP contribution in [0.25, 0.3) is 11.3 Å². The second-order valence-corrected chi connectivity index (χ2v) is 6.24. The predicted molar refractivity (Wildman–Crippen MR) is 100 cm³/mol. The van der Waals surface area contributed by atoms with Crippen molar-refractivity contribution < 1.29 is 4.79 Å². The highest BCUT2D eigenvalue weighted by Crippen LogP contribution is 2.18. The van der Waals surface area contributed by atoms with Crippen LogP contribution in [0.15, 0.2) is 59.8 Å². The number of piperazine rings is 1. The second-order valence-electron chi connectivity index (χ2n) is 6.24. The van der Waals surface area contributed by atoms with Gasteiger partial charge in [0, 0.05) is 56.4 Å². The maximum atomic E-state index is 12.5. The Morgan fingerprint density at radius 2 is 1.85 bits per heavy atom. The summed E-state index contributed by atoms with van der Waals surface area (Å²) < 4.78 is 0. The fourth-order valence-corrected chi connectivity index (χ4v) is 3.03. The van der Waals surface area contributed by atoms with Crippen molar-refractivity contribution in [3.63, 3.8) is 0 Å².